The van der Waals surface area contributed by atoms with E-state index >= 15 is 0 Å². The first-order valence-corrected chi connectivity index (χ1v) is 9.34. The number of aliphatic carboxylic acids is 1. The number of nitrogens with zero attached hydrogens (tertiary/aromatic N) is 1. The molecule has 6 nitrogen and oxygen atoms in total. The van der Waals surface area contributed by atoms with Gasteiger partial charge in [-0.1, -0.05) is 38.2 Å². The molecule has 1 unspecified atom stereocenters. The summed E-state index contributed by atoms with van der Waals surface area (Å²) >= 11 is 6.58. The van der Waals surface area contributed by atoms with E-state index in [9.17, 15) is 14.4 Å². The normalized spacial score (nSPS) is 18.1. The first-order valence-electron chi connectivity index (χ1n) is 7.94. The average molecular weight is 380 g/mol. The number of hydrogen-bond acceptors (Lipinski definition) is 5. The van der Waals surface area contributed by atoms with Crippen molar-refractivity contribution in [2.45, 2.75) is 31.2 Å². The molecule has 0 bridgehead atoms. The Bertz CT molecular complexity index is 708. The molecule has 0 radical (unpaired) electrons. The first kappa shape index (κ1) is 19.4. The van der Waals surface area contributed by atoms with E-state index < -0.39 is 30.4 Å². The van der Waals surface area contributed by atoms with Crippen LogP contribution in [0.25, 0.3) is 0 Å². The third kappa shape index (κ3) is 4.58. The molecular formula is C17H20N2O4S2. The number of thiocarbonyl (C=S) groups is 1. The van der Waals surface area contributed by atoms with Gasteiger partial charge in [-0.3, -0.25) is 19.3 Å². The minimum absolute atomic E-state index is 0.0594. The predicted octanol–water partition coefficient (Wildman–Crippen LogP) is 2.11. The molecule has 0 spiro atoms. The summed E-state index contributed by atoms with van der Waals surface area (Å²) in [5, 5.41) is 11.8. The zero-order valence-corrected chi connectivity index (χ0v) is 15.7. The van der Waals surface area contributed by atoms with Crippen LogP contribution in [0.3, 0.4) is 0 Å². The summed E-state index contributed by atoms with van der Waals surface area (Å²) in [7, 11) is 0. The highest BCUT2D eigenvalue weighted by Gasteiger charge is 2.33. The fourth-order valence-electron chi connectivity index (χ4n) is 2.39. The fraction of sp³-hybridized carbons (Fsp3) is 0.412. The van der Waals surface area contributed by atoms with Gasteiger partial charge in [0.15, 0.2) is 0 Å². The third-order valence-electron chi connectivity index (χ3n) is 4.01. The Balaban J connectivity index is 2.25. The number of para-hydroxylation sites is 1. The molecule has 134 valence electrons. The van der Waals surface area contributed by atoms with Crippen LogP contribution < -0.4 is 10.2 Å². The molecule has 1 aliphatic rings. The number of carboxylic acid groups (broad SMARTS) is 1. The molecule has 0 aliphatic carbocycles. The van der Waals surface area contributed by atoms with Crippen molar-refractivity contribution in [2.24, 2.45) is 5.92 Å². The third-order valence-corrected chi connectivity index (χ3v) is 5.75. The van der Waals surface area contributed by atoms with E-state index in [4.69, 9.17) is 17.3 Å². The summed E-state index contributed by atoms with van der Waals surface area (Å²) in [6, 6.07) is 6.28. The molecule has 0 aromatic heterocycles. The van der Waals surface area contributed by atoms with Gasteiger partial charge in [0.1, 0.15) is 12.6 Å². The molecule has 1 aromatic rings. The number of amides is 2. The van der Waals surface area contributed by atoms with Gasteiger partial charge >= 0.3 is 5.97 Å². The Labute approximate surface area is 156 Å². The fourth-order valence-corrected chi connectivity index (χ4v) is 3.69. The van der Waals surface area contributed by atoms with Crippen molar-refractivity contribution >= 4 is 52.3 Å². The number of fused-ring (bicyclic) bond motifs is 1. The number of hydrogen-bond donors (Lipinski definition) is 2. The maximum atomic E-state index is 12.8. The molecule has 1 aliphatic heterocycles. The van der Waals surface area contributed by atoms with Crippen LogP contribution in [0, 0.1) is 5.92 Å². The summed E-state index contributed by atoms with van der Waals surface area (Å²) < 4.78 is 0. The number of benzene rings is 1. The molecule has 2 rings (SSSR count). The Kier molecular flexibility index (Phi) is 6.55. The van der Waals surface area contributed by atoms with Crippen LogP contribution in [0.2, 0.25) is 0 Å². The van der Waals surface area contributed by atoms with Gasteiger partial charge in [-0.25, -0.2) is 0 Å². The Hall–Kier alpha value is -1.93. The highest BCUT2D eigenvalue weighted by Crippen LogP contribution is 2.34. The predicted molar refractivity (Wildman–Crippen MR) is 101 cm³/mol. The minimum atomic E-state index is -1.12. The summed E-state index contributed by atoms with van der Waals surface area (Å²) in [5.74, 6) is -1.74. The van der Waals surface area contributed by atoms with E-state index in [2.05, 4.69) is 5.32 Å². The zero-order chi connectivity index (χ0) is 18.6. The monoisotopic (exact) mass is 380 g/mol. The summed E-state index contributed by atoms with van der Waals surface area (Å²) in [6.07, 6.45) is 0.732. The minimum Gasteiger partial charge on any atom is -0.480 e. The summed E-state index contributed by atoms with van der Waals surface area (Å²) in [6.45, 7) is 3.33. The van der Waals surface area contributed by atoms with Gasteiger partial charge in [0.05, 0.1) is 10.6 Å². The number of rotatable bonds is 6. The van der Waals surface area contributed by atoms with E-state index in [0.717, 1.165) is 11.3 Å². The zero-order valence-electron chi connectivity index (χ0n) is 14.0. The van der Waals surface area contributed by atoms with Gasteiger partial charge in [-0.05, 0) is 24.5 Å². The topological polar surface area (TPSA) is 86.7 Å². The van der Waals surface area contributed by atoms with Crippen LogP contribution >= 0.6 is 24.0 Å². The van der Waals surface area contributed by atoms with Gasteiger partial charge in [0, 0.05) is 10.6 Å². The van der Waals surface area contributed by atoms with Crippen LogP contribution in [-0.4, -0.2) is 46.1 Å². The molecule has 1 aromatic carbocycles. The smallest absolute Gasteiger partial charge is 0.323 e. The van der Waals surface area contributed by atoms with Crippen molar-refractivity contribution in [2.75, 3.05) is 17.2 Å². The molecule has 2 atom stereocenters. The number of carboxylic acids is 1. The van der Waals surface area contributed by atoms with Gasteiger partial charge in [0.25, 0.3) is 11.8 Å². The van der Waals surface area contributed by atoms with Crippen molar-refractivity contribution in [3.05, 3.63) is 24.3 Å². The van der Waals surface area contributed by atoms with Crippen LogP contribution in [0.5, 0.6) is 0 Å². The second-order valence-corrected chi connectivity index (χ2v) is 7.30. The van der Waals surface area contributed by atoms with Crippen molar-refractivity contribution in [1.29, 1.82) is 0 Å². The van der Waals surface area contributed by atoms with Crippen molar-refractivity contribution in [1.82, 2.24) is 5.32 Å². The number of carbonyl (C=O) groups excluding carboxylic acids is 2. The number of thioether (sulfide) groups is 1. The molecular weight excluding hydrogens is 360 g/mol. The highest BCUT2D eigenvalue weighted by molar-refractivity contribution is 7.99. The molecule has 0 saturated heterocycles. The van der Waals surface area contributed by atoms with Crippen LogP contribution in [0.15, 0.2) is 29.2 Å². The molecule has 2 amide bonds. The second kappa shape index (κ2) is 8.44. The maximum Gasteiger partial charge on any atom is 0.323 e. The van der Waals surface area contributed by atoms with Gasteiger partial charge in [-0.15, -0.1) is 11.8 Å². The van der Waals surface area contributed by atoms with E-state index in [1.54, 1.807) is 12.1 Å². The van der Waals surface area contributed by atoms with Gasteiger partial charge < -0.3 is 10.4 Å². The quantitative estimate of drug-likeness (QED) is 0.735. The standard InChI is InChI=1S/C17H20N2O4S2/c1-3-10(2)15(24)16(22)18-11-9-25-13-7-5-4-6-12(13)19(17(11)23)8-14(20)21/h4-7,10-11H,3,8-9H2,1-2H3,(H,18,22)(H,20,21)/t10?,11-/m1/s1. The largest absolute Gasteiger partial charge is 0.480 e. The Morgan fingerprint density at radius 3 is 2.76 bits per heavy atom. The van der Waals surface area contributed by atoms with E-state index in [1.807, 2.05) is 26.0 Å². The molecule has 2 N–H and O–H groups in total. The van der Waals surface area contributed by atoms with Crippen LogP contribution in [0.1, 0.15) is 20.3 Å². The Morgan fingerprint density at radius 1 is 1.44 bits per heavy atom. The Morgan fingerprint density at radius 2 is 2.12 bits per heavy atom. The van der Waals surface area contributed by atoms with Crippen LogP contribution in [-0.2, 0) is 14.4 Å². The second-order valence-electron chi connectivity index (χ2n) is 5.80. The lowest BCUT2D eigenvalue weighted by molar-refractivity contribution is -0.136. The van der Waals surface area contributed by atoms with Crippen molar-refractivity contribution in [3.8, 4) is 0 Å². The lowest BCUT2D eigenvalue weighted by Gasteiger charge is -2.24. The molecule has 1 heterocycles. The molecule has 0 fully saturated rings. The lowest BCUT2D eigenvalue weighted by atomic mass is 10.0. The number of nitrogens with one attached hydrogen (secondary N) is 1. The van der Waals surface area contributed by atoms with Crippen molar-refractivity contribution < 1.29 is 19.5 Å². The van der Waals surface area contributed by atoms with Crippen molar-refractivity contribution in [3.63, 3.8) is 0 Å². The summed E-state index contributed by atoms with van der Waals surface area (Å²) in [4.78, 5) is 38.6. The SMILES string of the molecule is CCC(C)C(=S)C(=O)N[C@@H]1CSc2ccccc2N(CC(=O)O)C1=O. The van der Waals surface area contributed by atoms with E-state index in [-0.39, 0.29) is 10.8 Å². The van der Waals surface area contributed by atoms with Gasteiger partial charge in [0.2, 0.25) is 0 Å². The van der Waals surface area contributed by atoms with E-state index in [0.29, 0.717) is 11.4 Å². The lowest BCUT2D eigenvalue weighted by Crippen LogP contribution is -2.52. The van der Waals surface area contributed by atoms with E-state index in [1.165, 1.54) is 16.7 Å². The average Bonchev–Trinajstić information content (AvgIpc) is 2.72. The first-order chi connectivity index (χ1) is 11.8. The van der Waals surface area contributed by atoms with Crippen LogP contribution in [0.4, 0.5) is 5.69 Å². The summed E-state index contributed by atoms with van der Waals surface area (Å²) in [5.41, 5.74) is 0.543. The maximum absolute atomic E-state index is 12.8. The highest BCUT2D eigenvalue weighted by atomic mass is 32.2. The number of carbonyl (C=O) groups is 3. The molecule has 0 saturated carbocycles. The van der Waals surface area contributed by atoms with Gasteiger partial charge in [-0.2, -0.15) is 0 Å². The molecule has 25 heavy (non-hydrogen) atoms. The molecule has 8 heteroatoms. The number of anilines is 1.